The molecule has 0 unspecified atom stereocenters. The van der Waals surface area contributed by atoms with Crippen LogP contribution in [0.4, 0.5) is 4.39 Å². The Morgan fingerprint density at radius 1 is 1.29 bits per heavy atom. The predicted octanol–water partition coefficient (Wildman–Crippen LogP) is 4.53. The van der Waals surface area contributed by atoms with Crippen LogP contribution in [0.5, 0.6) is 5.75 Å². The zero-order valence-electron chi connectivity index (χ0n) is 10.5. The van der Waals surface area contributed by atoms with E-state index in [1.807, 2.05) is 0 Å². The van der Waals surface area contributed by atoms with E-state index >= 15 is 0 Å². The van der Waals surface area contributed by atoms with Gasteiger partial charge in [0.2, 0.25) is 0 Å². The lowest BCUT2D eigenvalue weighted by atomic mass is 10.1. The van der Waals surface area contributed by atoms with Crippen LogP contribution in [0, 0.1) is 5.82 Å². The Morgan fingerprint density at radius 3 is 2.52 bits per heavy atom. The standard InChI is InChI=1S/C14H9BrCl2FNO2/c15-9-3-1-2-7(13(9)20)6-19-14(21)12-10(16)4-8(18)5-11(12)17/h1-5,20H,6H2,(H,19,21). The van der Waals surface area contributed by atoms with Gasteiger partial charge in [-0.25, -0.2) is 4.39 Å². The molecule has 0 aliphatic heterocycles. The van der Waals surface area contributed by atoms with Crippen molar-refractivity contribution in [3.8, 4) is 5.75 Å². The molecule has 0 spiro atoms. The number of phenolic OH excluding ortho intramolecular Hbond substituents is 1. The molecule has 2 aromatic carbocycles. The van der Waals surface area contributed by atoms with Crippen molar-refractivity contribution in [2.45, 2.75) is 6.54 Å². The van der Waals surface area contributed by atoms with Crippen molar-refractivity contribution in [1.82, 2.24) is 5.32 Å². The van der Waals surface area contributed by atoms with Crippen LogP contribution < -0.4 is 5.32 Å². The van der Waals surface area contributed by atoms with Gasteiger partial charge in [-0.15, -0.1) is 0 Å². The van der Waals surface area contributed by atoms with E-state index < -0.39 is 11.7 Å². The van der Waals surface area contributed by atoms with Gasteiger partial charge in [-0.2, -0.15) is 0 Å². The lowest BCUT2D eigenvalue weighted by molar-refractivity contribution is 0.0951. The number of carbonyl (C=O) groups is 1. The zero-order valence-corrected chi connectivity index (χ0v) is 13.6. The van der Waals surface area contributed by atoms with Gasteiger partial charge in [-0.05, 0) is 34.1 Å². The SMILES string of the molecule is O=C(NCc1cccc(Br)c1O)c1c(Cl)cc(F)cc1Cl. The van der Waals surface area contributed by atoms with Gasteiger partial charge >= 0.3 is 0 Å². The van der Waals surface area contributed by atoms with Gasteiger partial charge in [-0.1, -0.05) is 35.3 Å². The highest BCUT2D eigenvalue weighted by atomic mass is 79.9. The van der Waals surface area contributed by atoms with Crippen LogP contribution in [-0.2, 0) is 6.54 Å². The van der Waals surface area contributed by atoms with Crippen LogP contribution in [0.3, 0.4) is 0 Å². The summed E-state index contributed by atoms with van der Waals surface area (Å²) in [5, 5.41) is 12.3. The van der Waals surface area contributed by atoms with E-state index in [0.717, 1.165) is 12.1 Å². The molecular weight excluding hydrogens is 384 g/mol. The topological polar surface area (TPSA) is 49.3 Å². The van der Waals surface area contributed by atoms with E-state index in [0.29, 0.717) is 10.0 Å². The first-order chi connectivity index (χ1) is 9.90. The molecule has 0 radical (unpaired) electrons. The van der Waals surface area contributed by atoms with Gasteiger partial charge in [0.25, 0.3) is 5.91 Å². The summed E-state index contributed by atoms with van der Waals surface area (Å²) >= 11 is 14.8. The predicted molar refractivity (Wildman–Crippen MR) is 83.4 cm³/mol. The Morgan fingerprint density at radius 2 is 1.90 bits per heavy atom. The van der Waals surface area contributed by atoms with Gasteiger partial charge in [-0.3, -0.25) is 4.79 Å². The molecular formula is C14H9BrCl2FNO2. The van der Waals surface area contributed by atoms with E-state index in [1.54, 1.807) is 18.2 Å². The molecule has 2 rings (SSSR count). The second kappa shape index (κ2) is 6.64. The molecule has 0 aliphatic rings. The number of amides is 1. The second-order valence-corrected chi connectivity index (χ2v) is 5.84. The summed E-state index contributed by atoms with van der Waals surface area (Å²) in [4.78, 5) is 12.1. The Balaban J connectivity index is 2.18. The van der Waals surface area contributed by atoms with Crippen molar-refractivity contribution in [2.24, 2.45) is 0 Å². The molecule has 2 aromatic rings. The Labute approximate surface area is 138 Å². The third kappa shape index (κ3) is 3.67. The number of para-hydroxylation sites is 1. The number of rotatable bonds is 3. The fraction of sp³-hybridized carbons (Fsp3) is 0.0714. The highest BCUT2D eigenvalue weighted by Crippen LogP contribution is 2.28. The average molecular weight is 393 g/mol. The molecule has 2 N–H and O–H groups in total. The lowest BCUT2D eigenvalue weighted by Crippen LogP contribution is -2.23. The van der Waals surface area contributed by atoms with E-state index in [1.165, 1.54) is 0 Å². The molecule has 0 atom stereocenters. The van der Waals surface area contributed by atoms with Crippen molar-refractivity contribution in [3.05, 3.63) is 61.8 Å². The molecule has 0 aromatic heterocycles. The minimum atomic E-state index is -0.619. The first kappa shape index (κ1) is 16.1. The number of aromatic hydroxyl groups is 1. The third-order valence-electron chi connectivity index (χ3n) is 2.74. The molecule has 0 bridgehead atoms. The summed E-state index contributed by atoms with van der Waals surface area (Å²) < 4.78 is 13.6. The van der Waals surface area contributed by atoms with E-state index in [4.69, 9.17) is 23.2 Å². The lowest BCUT2D eigenvalue weighted by Gasteiger charge is -2.10. The molecule has 7 heteroatoms. The highest BCUT2D eigenvalue weighted by Gasteiger charge is 2.16. The fourth-order valence-electron chi connectivity index (χ4n) is 1.73. The fourth-order valence-corrected chi connectivity index (χ4v) is 2.76. The first-order valence-electron chi connectivity index (χ1n) is 5.79. The number of hydrogen-bond donors (Lipinski definition) is 2. The van der Waals surface area contributed by atoms with Gasteiger partial charge in [0, 0.05) is 12.1 Å². The first-order valence-corrected chi connectivity index (χ1v) is 7.34. The number of halogens is 4. The normalized spacial score (nSPS) is 10.5. The maximum absolute atomic E-state index is 13.1. The maximum Gasteiger partial charge on any atom is 0.254 e. The largest absolute Gasteiger partial charge is 0.506 e. The van der Waals surface area contributed by atoms with Gasteiger partial charge in [0.05, 0.1) is 20.1 Å². The van der Waals surface area contributed by atoms with Crippen molar-refractivity contribution < 1.29 is 14.3 Å². The Bertz CT molecular complexity index is 686. The van der Waals surface area contributed by atoms with Crippen LogP contribution in [0.15, 0.2) is 34.8 Å². The molecule has 3 nitrogen and oxygen atoms in total. The van der Waals surface area contributed by atoms with E-state index in [2.05, 4.69) is 21.2 Å². The van der Waals surface area contributed by atoms with E-state index in [9.17, 15) is 14.3 Å². The highest BCUT2D eigenvalue weighted by molar-refractivity contribution is 9.10. The minimum Gasteiger partial charge on any atom is -0.506 e. The van der Waals surface area contributed by atoms with Crippen LogP contribution in [0.2, 0.25) is 10.0 Å². The molecule has 0 fully saturated rings. The van der Waals surface area contributed by atoms with Crippen LogP contribution in [-0.4, -0.2) is 11.0 Å². The zero-order chi connectivity index (χ0) is 15.6. The second-order valence-electron chi connectivity index (χ2n) is 4.17. The number of hydrogen-bond acceptors (Lipinski definition) is 2. The smallest absolute Gasteiger partial charge is 0.254 e. The van der Waals surface area contributed by atoms with Gasteiger partial charge in [0.15, 0.2) is 0 Å². The van der Waals surface area contributed by atoms with Crippen molar-refractivity contribution in [2.75, 3.05) is 0 Å². The van der Waals surface area contributed by atoms with Crippen molar-refractivity contribution in [1.29, 1.82) is 0 Å². The third-order valence-corrected chi connectivity index (χ3v) is 3.98. The van der Waals surface area contributed by atoms with Crippen LogP contribution >= 0.6 is 39.1 Å². The number of phenols is 1. The summed E-state index contributed by atoms with van der Waals surface area (Å²) in [5.74, 6) is -1.13. The number of nitrogens with one attached hydrogen (secondary N) is 1. The van der Waals surface area contributed by atoms with Gasteiger partial charge in [0.1, 0.15) is 11.6 Å². The molecule has 0 saturated heterocycles. The average Bonchev–Trinajstić information content (AvgIpc) is 2.39. The Hall–Kier alpha value is -1.30. The monoisotopic (exact) mass is 391 g/mol. The van der Waals surface area contributed by atoms with Crippen LogP contribution in [0.1, 0.15) is 15.9 Å². The van der Waals surface area contributed by atoms with Crippen molar-refractivity contribution >= 4 is 45.0 Å². The number of benzene rings is 2. The van der Waals surface area contributed by atoms with Crippen LogP contribution in [0.25, 0.3) is 0 Å². The minimum absolute atomic E-state index is 0.00535. The quantitative estimate of drug-likeness (QED) is 0.806. The summed E-state index contributed by atoms with van der Waals surface area (Å²) in [5.41, 5.74) is 0.515. The molecule has 0 heterocycles. The molecule has 0 saturated carbocycles. The number of carbonyl (C=O) groups excluding carboxylic acids is 1. The summed E-state index contributed by atoms with van der Waals surface area (Å²) in [6.07, 6.45) is 0. The molecule has 0 aliphatic carbocycles. The molecule has 1 amide bonds. The van der Waals surface area contributed by atoms with E-state index in [-0.39, 0.29) is 27.9 Å². The Kier molecular flexibility index (Phi) is 5.08. The van der Waals surface area contributed by atoms with Gasteiger partial charge < -0.3 is 10.4 Å². The molecule has 110 valence electrons. The summed E-state index contributed by atoms with van der Waals surface area (Å²) in [6.45, 7) is 0.0775. The van der Waals surface area contributed by atoms with Crippen molar-refractivity contribution in [3.63, 3.8) is 0 Å². The molecule has 21 heavy (non-hydrogen) atoms. The summed E-state index contributed by atoms with van der Waals surface area (Å²) in [6, 6.07) is 7.09. The maximum atomic E-state index is 13.1. The summed E-state index contributed by atoms with van der Waals surface area (Å²) in [7, 11) is 0.